The number of carbonyl (C=O) groups is 1. The summed E-state index contributed by atoms with van der Waals surface area (Å²) in [5.74, 6) is -0.0298. The zero-order valence-corrected chi connectivity index (χ0v) is 14.1. The second-order valence-corrected chi connectivity index (χ2v) is 6.59. The number of amides is 1. The van der Waals surface area contributed by atoms with E-state index in [2.05, 4.69) is 33.1 Å². The molecule has 0 bridgehead atoms. The third-order valence-electron chi connectivity index (χ3n) is 4.02. The van der Waals surface area contributed by atoms with Crippen molar-refractivity contribution in [1.29, 1.82) is 0 Å². The Morgan fingerprint density at radius 3 is 2.61 bits per heavy atom. The minimum absolute atomic E-state index is 0.0298. The van der Waals surface area contributed by atoms with Gasteiger partial charge in [0.05, 0.1) is 6.04 Å². The van der Waals surface area contributed by atoms with Crippen LogP contribution >= 0.6 is 11.3 Å². The maximum Gasteiger partial charge on any atom is 0.251 e. The molecule has 3 rings (SSSR count). The summed E-state index contributed by atoms with van der Waals surface area (Å²) in [6.45, 7) is 0.593. The molecule has 1 N–H and O–H groups in total. The molecule has 0 aliphatic heterocycles. The van der Waals surface area contributed by atoms with Gasteiger partial charge in [-0.15, -0.1) is 0 Å². The van der Waals surface area contributed by atoms with E-state index >= 15 is 0 Å². The number of nitrogens with one attached hydrogen (secondary N) is 1. The highest BCUT2D eigenvalue weighted by Gasteiger charge is 2.16. The van der Waals surface area contributed by atoms with E-state index in [1.54, 1.807) is 11.3 Å². The lowest BCUT2D eigenvalue weighted by Crippen LogP contribution is -2.34. The van der Waals surface area contributed by atoms with Crippen molar-refractivity contribution in [2.45, 2.75) is 6.04 Å². The molecule has 0 fully saturated rings. The van der Waals surface area contributed by atoms with E-state index in [1.165, 1.54) is 5.56 Å². The van der Waals surface area contributed by atoms with Crippen molar-refractivity contribution in [3.63, 3.8) is 0 Å². The van der Waals surface area contributed by atoms with Gasteiger partial charge in [-0.25, -0.2) is 0 Å². The Morgan fingerprint density at radius 1 is 1.13 bits per heavy atom. The predicted octanol–water partition coefficient (Wildman–Crippen LogP) is 3.93. The summed E-state index contributed by atoms with van der Waals surface area (Å²) in [4.78, 5) is 14.6. The maximum atomic E-state index is 12.5. The number of benzene rings is 2. The number of fused-ring (bicyclic) bond motifs is 1. The van der Waals surface area contributed by atoms with Crippen LogP contribution in [0.3, 0.4) is 0 Å². The molecule has 0 saturated carbocycles. The smallest absolute Gasteiger partial charge is 0.251 e. The molecule has 3 nitrogen and oxygen atoms in total. The van der Waals surface area contributed by atoms with Crippen LogP contribution in [-0.4, -0.2) is 31.4 Å². The molecule has 0 spiro atoms. The van der Waals surface area contributed by atoms with Crippen molar-refractivity contribution in [3.8, 4) is 0 Å². The average Bonchev–Trinajstić information content (AvgIpc) is 3.08. The lowest BCUT2D eigenvalue weighted by atomic mass is 10.1. The molecule has 1 atom stereocenters. The van der Waals surface area contributed by atoms with E-state index in [1.807, 2.05) is 50.5 Å². The van der Waals surface area contributed by atoms with Gasteiger partial charge in [-0.1, -0.05) is 30.3 Å². The van der Waals surface area contributed by atoms with E-state index in [0.717, 1.165) is 10.8 Å². The van der Waals surface area contributed by atoms with Gasteiger partial charge in [0.2, 0.25) is 0 Å². The molecule has 0 unspecified atom stereocenters. The van der Waals surface area contributed by atoms with Crippen molar-refractivity contribution in [2.24, 2.45) is 0 Å². The fourth-order valence-electron chi connectivity index (χ4n) is 2.69. The van der Waals surface area contributed by atoms with E-state index in [4.69, 9.17) is 0 Å². The number of hydrogen-bond donors (Lipinski definition) is 1. The highest BCUT2D eigenvalue weighted by molar-refractivity contribution is 7.07. The van der Waals surface area contributed by atoms with Crippen LogP contribution in [0.1, 0.15) is 22.0 Å². The van der Waals surface area contributed by atoms with Gasteiger partial charge in [-0.3, -0.25) is 4.79 Å². The van der Waals surface area contributed by atoms with E-state index < -0.39 is 0 Å². The largest absolute Gasteiger partial charge is 0.350 e. The summed E-state index contributed by atoms with van der Waals surface area (Å²) < 4.78 is 0. The molecule has 0 aliphatic carbocycles. The van der Waals surface area contributed by atoms with Crippen molar-refractivity contribution >= 4 is 28.0 Å². The van der Waals surface area contributed by atoms with Crippen molar-refractivity contribution in [2.75, 3.05) is 20.6 Å². The summed E-state index contributed by atoms with van der Waals surface area (Å²) in [5, 5.41) is 9.49. The summed E-state index contributed by atoms with van der Waals surface area (Å²) in [6.07, 6.45) is 0. The first kappa shape index (κ1) is 15.7. The first-order valence-electron chi connectivity index (χ1n) is 7.60. The zero-order valence-electron chi connectivity index (χ0n) is 13.3. The molecule has 0 radical (unpaired) electrons. The molecular weight excluding hydrogens is 304 g/mol. The van der Waals surface area contributed by atoms with Crippen LogP contribution in [0.15, 0.2) is 59.3 Å². The first-order chi connectivity index (χ1) is 11.1. The molecular formula is C19H20N2OS. The van der Waals surface area contributed by atoms with Crippen LogP contribution in [0.5, 0.6) is 0 Å². The summed E-state index contributed by atoms with van der Waals surface area (Å²) >= 11 is 1.68. The van der Waals surface area contributed by atoms with Crippen molar-refractivity contribution < 1.29 is 4.79 Å². The van der Waals surface area contributed by atoms with Gasteiger partial charge >= 0.3 is 0 Å². The quantitative estimate of drug-likeness (QED) is 0.771. The monoisotopic (exact) mass is 324 g/mol. The van der Waals surface area contributed by atoms with Gasteiger partial charge in [-0.2, -0.15) is 11.3 Å². The van der Waals surface area contributed by atoms with Crippen LogP contribution in [0, 0.1) is 0 Å². The van der Waals surface area contributed by atoms with E-state index in [-0.39, 0.29) is 11.9 Å². The fraction of sp³-hybridized carbons (Fsp3) is 0.211. The standard InChI is InChI=1S/C19H20N2OS/c1-21(2)18(17-9-10-23-13-17)12-20-19(22)16-8-7-14-5-3-4-6-15(14)11-16/h3-11,13,18H,12H2,1-2H3,(H,20,22)/t18-/m0/s1. The highest BCUT2D eigenvalue weighted by Crippen LogP contribution is 2.20. The van der Waals surface area contributed by atoms with Gasteiger partial charge in [0.25, 0.3) is 5.91 Å². The number of nitrogens with zero attached hydrogens (tertiary/aromatic N) is 1. The first-order valence-corrected chi connectivity index (χ1v) is 8.55. The van der Waals surface area contributed by atoms with E-state index in [0.29, 0.717) is 12.1 Å². The molecule has 0 aliphatic rings. The van der Waals surface area contributed by atoms with E-state index in [9.17, 15) is 4.79 Å². The molecule has 3 aromatic rings. The van der Waals surface area contributed by atoms with Crippen LogP contribution in [-0.2, 0) is 0 Å². The number of carbonyl (C=O) groups excluding carboxylic acids is 1. The molecule has 1 amide bonds. The van der Waals surface area contributed by atoms with Gasteiger partial charge in [0.15, 0.2) is 0 Å². The van der Waals surface area contributed by atoms with Crippen molar-refractivity contribution in [1.82, 2.24) is 10.2 Å². The number of thiophene rings is 1. The van der Waals surface area contributed by atoms with Gasteiger partial charge in [0.1, 0.15) is 0 Å². The topological polar surface area (TPSA) is 32.3 Å². The predicted molar refractivity (Wildman–Crippen MR) is 97.0 cm³/mol. The molecule has 2 aromatic carbocycles. The number of likely N-dealkylation sites (N-methyl/N-ethyl adjacent to an activating group) is 1. The Bertz CT molecular complexity index is 796. The average molecular weight is 324 g/mol. The SMILES string of the molecule is CN(C)[C@@H](CNC(=O)c1ccc2ccccc2c1)c1ccsc1. The van der Waals surface area contributed by atoms with Gasteiger partial charge in [0, 0.05) is 12.1 Å². The summed E-state index contributed by atoms with van der Waals surface area (Å²) in [5.41, 5.74) is 1.94. The Hall–Kier alpha value is -2.17. The highest BCUT2D eigenvalue weighted by atomic mass is 32.1. The Labute approximate surface area is 140 Å². The normalized spacial score (nSPS) is 12.5. The summed E-state index contributed by atoms with van der Waals surface area (Å²) in [6, 6.07) is 16.2. The fourth-order valence-corrected chi connectivity index (χ4v) is 3.39. The molecule has 23 heavy (non-hydrogen) atoms. The Morgan fingerprint density at radius 2 is 1.91 bits per heavy atom. The van der Waals surface area contributed by atoms with Crippen LogP contribution in [0.2, 0.25) is 0 Å². The third kappa shape index (κ3) is 3.60. The maximum absolute atomic E-state index is 12.5. The number of rotatable bonds is 5. The second-order valence-electron chi connectivity index (χ2n) is 5.81. The third-order valence-corrected chi connectivity index (χ3v) is 4.72. The molecule has 4 heteroatoms. The molecule has 118 valence electrons. The Balaban J connectivity index is 1.72. The molecule has 1 heterocycles. The summed E-state index contributed by atoms with van der Waals surface area (Å²) in [7, 11) is 4.06. The van der Waals surface area contributed by atoms with Crippen LogP contribution < -0.4 is 5.32 Å². The minimum atomic E-state index is -0.0298. The van der Waals surface area contributed by atoms with Crippen LogP contribution in [0.4, 0.5) is 0 Å². The van der Waals surface area contributed by atoms with Crippen molar-refractivity contribution in [3.05, 3.63) is 70.4 Å². The lowest BCUT2D eigenvalue weighted by Gasteiger charge is -2.24. The van der Waals surface area contributed by atoms with Crippen LogP contribution in [0.25, 0.3) is 10.8 Å². The molecule has 1 aromatic heterocycles. The van der Waals surface area contributed by atoms with Gasteiger partial charge < -0.3 is 10.2 Å². The second kappa shape index (κ2) is 6.94. The lowest BCUT2D eigenvalue weighted by molar-refractivity contribution is 0.0942. The minimum Gasteiger partial charge on any atom is -0.350 e. The Kier molecular flexibility index (Phi) is 4.74. The van der Waals surface area contributed by atoms with Gasteiger partial charge in [-0.05, 0) is 59.4 Å². The molecule has 0 saturated heterocycles. The zero-order chi connectivity index (χ0) is 16.2. The number of hydrogen-bond acceptors (Lipinski definition) is 3.